The molecule has 2 heteroatoms. The van der Waals surface area contributed by atoms with Crippen molar-refractivity contribution >= 4 is 11.8 Å². The minimum Gasteiger partial charge on any atom is -1.00 e. The van der Waals surface area contributed by atoms with Gasteiger partial charge in [-0.2, -0.15) is 0 Å². The number of hydrogen-bond donors (Lipinski definition) is 0. The van der Waals surface area contributed by atoms with Crippen LogP contribution in [-0.4, -0.2) is 12.0 Å². The Kier molecular flexibility index (Phi) is 17.9. The van der Waals surface area contributed by atoms with Crippen LogP contribution in [0.15, 0.2) is 30.3 Å². The number of aryl methyl sites for hydroxylation is 1. The summed E-state index contributed by atoms with van der Waals surface area (Å²) in [5.41, 5.74) is 1.50. The smallest absolute Gasteiger partial charge is 0.105 e. The maximum absolute atomic E-state index is 2.26. The van der Waals surface area contributed by atoms with E-state index in [9.17, 15) is 0 Å². The summed E-state index contributed by atoms with van der Waals surface area (Å²) in [6, 6.07) is 10.9. The molecular formula is C20H35IS. The molecule has 0 heterocycles. The molecule has 0 fully saturated rings. The van der Waals surface area contributed by atoms with Gasteiger partial charge in [-0.25, -0.2) is 0 Å². The third-order valence-electron chi connectivity index (χ3n) is 4.19. The Labute approximate surface area is 160 Å². The van der Waals surface area contributed by atoms with Crippen LogP contribution >= 0.6 is 0 Å². The van der Waals surface area contributed by atoms with E-state index in [4.69, 9.17) is 0 Å². The molecule has 0 aliphatic carbocycles. The summed E-state index contributed by atoms with van der Waals surface area (Å²) in [7, 11) is 0. The average Bonchev–Trinajstić information content (AvgIpc) is 2.53. The molecule has 1 aromatic carbocycles. The second-order valence-electron chi connectivity index (χ2n) is 6.16. The van der Waals surface area contributed by atoms with E-state index in [-0.39, 0.29) is 24.0 Å². The van der Waals surface area contributed by atoms with Gasteiger partial charge in [0.2, 0.25) is 0 Å². The molecule has 22 heavy (non-hydrogen) atoms. The van der Waals surface area contributed by atoms with E-state index in [1.807, 2.05) is 0 Å². The van der Waals surface area contributed by atoms with Crippen LogP contribution in [0.2, 0.25) is 0 Å². The minimum atomic E-state index is 0. The third-order valence-corrected chi connectivity index (χ3v) is 4.95. The third kappa shape index (κ3) is 13.9. The van der Waals surface area contributed by atoms with Crippen LogP contribution in [0.1, 0.15) is 76.2 Å². The van der Waals surface area contributed by atoms with Crippen molar-refractivity contribution in [1.82, 2.24) is 0 Å². The predicted molar refractivity (Wildman–Crippen MR) is 100 cm³/mol. The zero-order chi connectivity index (χ0) is 15.0. The first kappa shape index (κ1) is 22.3. The highest BCUT2D eigenvalue weighted by atomic mass is 127. The first-order valence-corrected chi connectivity index (χ1v) is 10.6. The fraction of sp³-hybridized carbons (Fsp3) is 0.700. The molecule has 0 unspecified atom stereocenters. The number of halogens is 1. The lowest BCUT2D eigenvalue weighted by atomic mass is 10.0. The Balaban J connectivity index is 0.00000441. The fourth-order valence-electron chi connectivity index (χ4n) is 2.83. The van der Waals surface area contributed by atoms with Gasteiger partial charge in [0, 0.05) is 0 Å². The SMILES string of the molecule is C[SH+]CCCCCCCCCCCCCc1ccccc1.[I-]. The Morgan fingerprint density at radius 3 is 1.59 bits per heavy atom. The average molecular weight is 434 g/mol. The van der Waals surface area contributed by atoms with Gasteiger partial charge in [0.05, 0.1) is 6.26 Å². The summed E-state index contributed by atoms with van der Waals surface area (Å²) in [4.78, 5) is 0. The van der Waals surface area contributed by atoms with E-state index in [0.717, 1.165) is 0 Å². The van der Waals surface area contributed by atoms with E-state index in [2.05, 4.69) is 36.6 Å². The van der Waals surface area contributed by atoms with Gasteiger partial charge in [0.15, 0.2) is 0 Å². The monoisotopic (exact) mass is 434 g/mol. The quantitative estimate of drug-likeness (QED) is 0.183. The van der Waals surface area contributed by atoms with E-state index in [1.54, 1.807) is 11.8 Å². The lowest BCUT2D eigenvalue weighted by molar-refractivity contribution is -0.00000449. The van der Waals surface area contributed by atoms with Gasteiger partial charge >= 0.3 is 0 Å². The number of benzene rings is 1. The largest absolute Gasteiger partial charge is 1.00 e. The van der Waals surface area contributed by atoms with Gasteiger partial charge in [0.1, 0.15) is 5.75 Å². The van der Waals surface area contributed by atoms with Crippen molar-refractivity contribution in [3.63, 3.8) is 0 Å². The van der Waals surface area contributed by atoms with E-state index < -0.39 is 0 Å². The number of hydrogen-bond acceptors (Lipinski definition) is 0. The number of unbranched alkanes of at least 4 members (excludes halogenated alkanes) is 10. The van der Waals surface area contributed by atoms with E-state index >= 15 is 0 Å². The molecule has 0 atom stereocenters. The molecule has 0 nitrogen and oxygen atoms in total. The molecule has 0 bridgehead atoms. The summed E-state index contributed by atoms with van der Waals surface area (Å²) < 4.78 is 0. The molecule has 0 aliphatic heterocycles. The Morgan fingerprint density at radius 2 is 1.09 bits per heavy atom. The summed E-state index contributed by atoms with van der Waals surface area (Å²) in [5.74, 6) is 1.41. The van der Waals surface area contributed by atoms with Gasteiger partial charge < -0.3 is 24.0 Å². The molecule has 0 radical (unpaired) electrons. The zero-order valence-electron chi connectivity index (χ0n) is 14.4. The predicted octanol–water partition coefficient (Wildman–Crippen LogP) is 2.97. The Morgan fingerprint density at radius 1 is 0.636 bits per heavy atom. The summed E-state index contributed by atoms with van der Waals surface area (Å²) in [5, 5.41) is 0. The van der Waals surface area contributed by atoms with Crippen molar-refractivity contribution < 1.29 is 24.0 Å². The van der Waals surface area contributed by atoms with Crippen LogP contribution < -0.4 is 24.0 Å². The van der Waals surface area contributed by atoms with Crippen LogP contribution in [0.5, 0.6) is 0 Å². The lowest BCUT2D eigenvalue weighted by Crippen LogP contribution is -3.00. The van der Waals surface area contributed by atoms with Crippen molar-refractivity contribution in [3.05, 3.63) is 35.9 Å². The highest BCUT2D eigenvalue weighted by molar-refractivity contribution is 7.77. The van der Waals surface area contributed by atoms with Crippen LogP contribution in [0, 0.1) is 0 Å². The van der Waals surface area contributed by atoms with E-state index in [1.165, 1.54) is 88.4 Å². The van der Waals surface area contributed by atoms with Crippen molar-refractivity contribution in [2.75, 3.05) is 12.0 Å². The fourth-order valence-corrected chi connectivity index (χ4v) is 3.37. The zero-order valence-corrected chi connectivity index (χ0v) is 17.5. The molecule has 1 aromatic rings. The van der Waals surface area contributed by atoms with Crippen LogP contribution in [0.4, 0.5) is 0 Å². The minimum absolute atomic E-state index is 0. The molecular weight excluding hydrogens is 399 g/mol. The van der Waals surface area contributed by atoms with Crippen LogP contribution in [0.25, 0.3) is 0 Å². The number of thiol groups is 1. The lowest BCUT2D eigenvalue weighted by Gasteiger charge is -2.03. The summed E-state index contributed by atoms with van der Waals surface area (Å²) >= 11 is 1.57. The first-order valence-electron chi connectivity index (χ1n) is 9.03. The van der Waals surface area contributed by atoms with Gasteiger partial charge in [-0.1, -0.05) is 81.7 Å². The molecule has 0 amide bonds. The van der Waals surface area contributed by atoms with Gasteiger partial charge in [0.25, 0.3) is 0 Å². The molecule has 0 aromatic heterocycles. The molecule has 0 N–H and O–H groups in total. The van der Waals surface area contributed by atoms with Crippen molar-refractivity contribution in [2.24, 2.45) is 0 Å². The van der Waals surface area contributed by atoms with Gasteiger partial charge in [-0.15, -0.1) is 0 Å². The summed E-state index contributed by atoms with van der Waals surface area (Å²) in [6.45, 7) is 0. The standard InChI is InChI=1S/C20H34S.HI/c1-21-19-15-10-8-6-4-2-3-5-7-9-12-16-20-17-13-11-14-18-20;/h11,13-14,17-18H,2-10,12,15-16,19H2,1H3;1H. The molecule has 0 aliphatic rings. The Hall–Kier alpha value is 0.300. The highest BCUT2D eigenvalue weighted by Gasteiger charge is 1.95. The van der Waals surface area contributed by atoms with Crippen LogP contribution in [-0.2, 0) is 18.2 Å². The second-order valence-corrected chi connectivity index (χ2v) is 7.24. The molecule has 0 saturated heterocycles. The van der Waals surface area contributed by atoms with Gasteiger partial charge in [-0.3, -0.25) is 0 Å². The second kappa shape index (κ2) is 17.7. The molecule has 0 saturated carbocycles. The van der Waals surface area contributed by atoms with Gasteiger partial charge in [-0.05, 0) is 43.0 Å². The van der Waals surface area contributed by atoms with Crippen molar-refractivity contribution in [1.29, 1.82) is 0 Å². The van der Waals surface area contributed by atoms with Crippen LogP contribution in [0.3, 0.4) is 0 Å². The molecule has 1 rings (SSSR count). The first-order chi connectivity index (χ1) is 10.4. The Bertz CT molecular complexity index is 313. The summed E-state index contributed by atoms with van der Waals surface area (Å²) in [6.07, 6.45) is 19.4. The molecule has 0 spiro atoms. The maximum Gasteiger partial charge on any atom is 0.105 e. The van der Waals surface area contributed by atoms with E-state index in [0.29, 0.717) is 0 Å². The molecule has 128 valence electrons. The topological polar surface area (TPSA) is 0 Å². The maximum atomic E-state index is 2.26. The highest BCUT2D eigenvalue weighted by Crippen LogP contribution is 2.12. The normalized spacial score (nSPS) is 10.4. The number of rotatable bonds is 14. The van der Waals surface area contributed by atoms with Crippen molar-refractivity contribution in [2.45, 2.75) is 77.0 Å². The van der Waals surface area contributed by atoms with Crippen molar-refractivity contribution in [3.8, 4) is 0 Å².